The van der Waals surface area contributed by atoms with E-state index >= 15 is 0 Å². The van der Waals surface area contributed by atoms with Crippen LogP contribution in [-0.2, 0) is 12.7 Å². The van der Waals surface area contributed by atoms with Gasteiger partial charge in [0.15, 0.2) is 5.88 Å². The fraction of sp³-hybridized carbons (Fsp3) is 0.200. The zero-order valence-corrected chi connectivity index (χ0v) is 24.2. The number of amides is 2. The predicted octanol–water partition coefficient (Wildman–Crippen LogP) is 6.86. The number of halogens is 4. The lowest BCUT2D eigenvalue weighted by molar-refractivity contribution is -0.137. The summed E-state index contributed by atoms with van der Waals surface area (Å²) in [6.45, 7) is 0.299. The minimum absolute atomic E-state index is 0.297. The van der Waals surface area contributed by atoms with Crippen molar-refractivity contribution in [1.29, 1.82) is 0 Å². The van der Waals surface area contributed by atoms with Crippen LogP contribution < -0.4 is 40.8 Å². The Kier molecular flexibility index (Phi) is 8.72. The number of methoxy groups -OCH3 is 3. The third-order valence-electron chi connectivity index (χ3n) is 6.88. The molecule has 1 atom stereocenters. The molecule has 1 aromatic heterocycles. The Hall–Kier alpha value is -5.44. The molecule has 236 valence electrons. The summed E-state index contributed by atoms with van der Waals surface area (Å²) in [6.07, 6.45) is -3.86. The van der Waals surface area contributed by atoms with Crippen molar-refractivity contribution in [3.63, 3.8) is 0 Å². The Balaban J connectivity index is 1.23. The van der Waals surface area contributed by atoms with Crippen LogP contribution in [-0.4, -0.2) is 33.7 Å². The van der Waals surface area contributed by atoms with Gasteiger partial charge < -0.3 is 45.2 Å². The normalized spacial score (nSPS) is 14.0. The largest absolute Gasteiger partial charge is 0.496 e. The molecule has 11 nitrogen and oxygen atoms in total. The maximum absolute atomic E-state index is 14.0. The number of alkyl halides is 3. The number of nitrogens with two attached hydrogens (primary N) is 1. The van der Waals surface area contributed by atoms with Gasteiger partial charge in [-0.15, -0.1) is 0 Å². The van der Waals surface area contributed by atoms with Crippen molar-refractivity contribution < 1.29 is 41.0 Å². The van der Waals surface area contributed by atoms with Crippen LogP contribution >= 0.6 is 0 Å². The van der Waals surface area contributed by atoms with E-state index in [-0.39, 0.29) is 0 Å². The molecule has 0 saturated carbocycles. The summed E-state index contributed by atoms with van der Waals surface area (Å²) in [5, 5.41) is 7.75. The second-order valence-corrected chi connectivity index (χ2v) is 9.65. The number of anilines is 4. The van der Waals surface area contributed by atoms with Gasteiger partial charge in [-0.2, -0.15) is 13.2 Å². The molecular formula is C30H28F4N6O5. The van der Waals surface area contributed by atoms with E-state index in [0.717, 1.165) is 5.56 Å². The van der Waals surface area contributed by atoms with Gasteiger partial charge in [-0.05, 0) is 42.5 Å². The quantitative estimate of drug-likeness (QED) is 0.148. The molecule has 0 saturated heterocycles. The van der Waals surface area contributed by atoms with Crippen LogP contribution in [0, 0.1) is 5.82 Å². The number of nitrogens with zero attached hydrogens (tertiary/aromatic N) is 2. The third-order valence-corrected chi connectivity index (χ3v) is 6.88. The van der Waals surface area contributed by atoms with Crippen molar-refractivity contribution in [2.75, 3.05) is 42.2 Å². The molecule has 2 amide bonds. The van der Waals surface area contributed by atoms with Crippen molar-refractivity contribution in [3.05, 3.63) is 83.2 Å². The molecule has 3 aromatic carbocycles. The van der Waals surface area contributed by atoms with E-state index in [1.165, 1.54) is 6.34 Å². The van der Waals surface area contributed by atoms with E-state index in [1.54, 1.807) is 68.7 Å². The zero-order chi connectivity index (χ0) is 32.3. The van der Waals surface area contributed by atoms with Crippen LogP contribution in [0.1, 0.15) is 22.9 Å². The number of ether oxygens (including phenoxy) is 3. The van der Waals surface area contributed by atoms with Gasteiger partial charge >= 0.3 is 12.2 Å². The molecule has 0 aliphatic carbocycles. The summed E-state index contributed by atoms with van der Waals surface area (Å²) in [5.41, 5.74) is 7.09. The Morgan fingerprint density at radius 3 is 2.29 bits per heavy atom. The number of fused-ring (bicyclic) bond motifs is 1. The maximum atomic E-state index is 14.0. The maximum Gasteiger partial charge on any atom is 0.416 e. The first-order valence-corrected chi connectivity index (χ1v) is 13.3. The van der Waals surface area contributed by atoms with Crippen LogP contribution in [0.2, 0.25) is 0 Å². The number of hydrogen-bond acceptors (Lipinski definition) is 9. The lowest BCUT2D eigenvalue weighted by atomic mass is 10.1. The number of aliphatic imine (C=N–C) groups is 1. The van der Waals surface area contributed by atoms with E-state index in [2.05, 4.69) is 20.9 Å². The lowest BCUT2D eigenvalue weighted by Gasteiger charge is -2.28. The number of furan rings is 1. The predicted molar refractivity (Wildman–Crippen MR) is 160 cm³/mol. The highest BCUT2D eigenvalue weighted by Gasteiger charge is 2.31. The first kappa shape index (κ1) is 31.0. The average Bonchev–Trinajstić information content (AvgIpc) is 3.45. The van der Waals surface area contributed by atoms with Gasteiger partial charge in [0.05, 0.1) is 50.3 Å². The van der Waals surface area contributed by atoms with Crippen molar-refractivity contribution in [3.8, 4) is 17.2 Å². The van der Waals surface area contributed by atoms with Gasteiger partial charge in [0, 0.05) is 29.6 Å². The van der Waals surface area contributed by atoms with Gasteiger partial charge in [-0.3, -0.25) is 0 Å². The first-order valence-electron chi connectivity index (χ1n) is 13.3. The molecule has 5 N–H and O–H groups in total. The highest BCUT2D eigenvalue weighted by atomic mass is 19.4. The Labute approximate surface area is 254 Å². The van der Waals surface area contributed by atoms with E-state index in [1.807, 2.05) is 0 Å². The van der Waals surface area contributed by atoms with Crippen molar-refractivity contribution >= 4 is 41.2 Å². The Bertz CT molecular complexity index is 1700. The van der Waals surface area contributed by atoms with Gasteiger partial charge in [0.2, 0.25) is 5.88 Å². The molecule has 1 aliphatic heterocycles. The molecule has 5 rings (SSSR count). The number of rotatable bonds is 9. The van der Waals surface area contributed by atoms with Crippen LogP contribution in [0.5, 0.6) is 17.2 Å². The summed E-state index contributed by atoms with van der Waals surface area (Å²) >= 11 is 0. The molecule has 1 aliphatic rings. The molecule has 45 heavy (non-hydrogen) atoms. The molecule has 15 heteroatoms. The van der Waals surface area contributed by atoms with Crippen molar-refractivity contribution in [2.45, 2.75) is 18.9 Å². The molecule has 0 bridgehead atoms. The molecular weight excluding hydrogens is 600 g/mol. The molecule has 0 fully saturated rings. The smallest absolute Gasteiger partial charge is 0.416 e. The molecule has 0 radical (unpaired) electrons. The summed E-state index contributed by atoms with van der Waals surface area (Å²) in [5.74, 6) is 1.44. The number of carbonyl (C=O) groups is 1. The minimum Gasteiger partial charge on any atom is -0.496 e. The summed E-state index contributed by atoms with van der Waals surface area (Å²) in [7, 11) is 4.64. The summed E-state index contributed by atoms with van der Waals surface area (Å²) < 4.78 is 75.0. The van der Waals surface area contributed by atoms with E-state index < -0.39 is 35.4 Å². The standard InChI is InChI=1S/C30H28F4N6O5/c1-42-19-11-24(43-2)21(25(12-19)44-3)14-36-26-13-20-27(35)40(15-37-28(20)45-26)18-7-5-17(6-8-18)38-29(41)39-23-10-16(30(32,33)34)4-9-22(23)31/h4-13,15,27,36H,14,35H2,1-3H3,(H2,38,39,41). The molecule has 0 spiro atoms. The SMILES string of the molecule is COc1cc(OC)c(CNc2cc3c(o2)N=CN(c2ccc(NC(=O)Nc4cc(C(F)(F)F)ccc4F)cc2)C3N)c(OC)c1. The van der Waals surface area contributed by atoms with Crippen LogP contribution in [0.25, 0.3) is 0 Å². The van der Waals surface area contributed by atoms with Crippen molar-refractivity contribution in [1.82, 2.24) is 0 Å². The summed E-state index contributed by atoms with van der Waals surface area (Å²) in [4.78, 5) is 18.4. The Morgan fingerprint density at radius 1 is 0.978 bits per heavy atom. The number of nitrogens with one attached hydrogen (secondary N) is 3. The van der Waals surface area contributed by atoms with Crippen LogP contribution in [0.3, 0.4) is 0 Å². The van der Waals surface area contributed by atoms with Crippen LogP contribution in [0.15, 0.2) is 70.1 Å². The van der Waals surface area contributed by atoms with E-state index in [0.29, 0.717) is 70.7 Å². The number of hydrogen-bond donors (Lipinski definition) is 4. The second kappa shape index (κ2) is 12.7. The second-order valence-electron chi connectivity index (χ2n) is 9.65. The van der Waals surface area contributed by atoms with Gasteiger partial charge in [0.25, 0.3) is 0 Å². The van der Waals surface area contributed by atoms with E-state index in [9.17, 15) is 22.4 Å². The van der Waals surface area contributed by atoms with Gasteiger partial charge in [-0.25, -0.2) is 14.2 Å². The van der Waals surface area contributed by atoms with Gasteiger partial charge in [-0.1, -0.05) is 0 Å². The van der Waals surface area contributed by atoms with Gasteiger partial charge in [0.1, 0.15) is 35.6 Å². The van der Waals surface area contributed by atoms with E-state index in [4.69, 9.17) is 24.4 Å². The summed E-state index contributed by atoms with van der Waals surface area (Å²) in [6, 6.07) is 12.4. The zero-order valence-electron chi connectivity index (χ0n) is 24.2. The number of benzene rings is 3. The fourth-order valence-electron chi connectivity index (χ4n) is 4.59. The Morgan fingerprint density at radius 2 is 1.67 bits per heavy atom. The topological polar surface area (TPSA) is 136 Å². The lowest BCUT2D eigenvalue weighted by Crippen LogP contribution is -2.35. The highest BCUT2D eigenvalue weighted by molar-refractivity contribution is 6.00. The molecule has 4 aromatic rings. The molecule has 1 unspecified atom stereocenters. The van der Waals surface area contributed by atoms with Crippen molar-refractivity contribution in [2.24, 2.45) is 10.7 Å². The fourth-order valence-corrected chi connectivity index (χ4v) is 4.59. The average molecular weight is 629 g/mol. The molecule has 2 heterocycles. The minimum atomic E-state index is -4.69. The third kappa shape index (κ3) is 6.72. The van der Waals surface area contributed by atoms with Crippen LogP contribution in [0.4, 0.5) is 51.2 Å². The number of urea groups is 1. The highest BCUT2D eigenvalue weighted by Crippen LogP contribution is 2.39. The number of carbonyl (C=O) groups excluding carboxylic acids is 1. The monoisotopic (exact) mass is 628 g/mol. The first-order chi connectivity index (χ1) is 21.5.